The van der Waals surface area contributed by atoms with E-state index in [0.717, 1.165) is 29.7 Å². The second-order valence-corrected chi connectivity index (χ2v) is 7.90. The molecule has 4 rings (SSSR count). The predicted octanol–water partition coefficient (Wildman–Crippen LogP) is 3.33. The molecule has 0 bridgehead atoms. The van der Waals surface area contributed by atoms with Crippen molar-refractivity contribution in [1.29, 1.82) is 0 Å². The third kappa shape index (κ3) is 4.42. The van der Waals surface area contributed by atoms with E-state index in [4.69, 9.17) is 4.52 Å². The van der Waals surface area contributed by atoms with E-state index in [9.17, 15) is 5.11 Å². The van der Waals surface area contributed by atoms with Gasteiger partial charge >= 0.3 is 0 Å². The summed E-state index contributed by atoms with van der Waals surface area (Å²) in [6, 6.07) is 10.7. The molecule has 3 aromatic rings. The van der Waals surface area contributed by atoms with Crippen LogP contribution in [0.1, 0.15) is 43.0 Å². The molecule has 2 aromatic heterocycles. The Morgan fingerprint density at radius 1 is 1.28 bits per heavy atom. The van der Waals surface area contributed by atoms with Crippen LogP contribution in [0.2, 0.25) is 0 Å². The van der Waals surface area contributed by atoms with Gasteiger partial charge in [0.15, 0.2) is 5.76 Å². The summed E-state index contributed by atoms with van der Waals surface area (Å²) in [4.78, 5) is 6.45. The van der Waals surface area contributed by atoms with E-state index in [-0.39, 0.29) is 0 Å². The summed E-state index contributed by atoms with van der Waals surface area (Å²) in [5, 5.41) is 13.9. The first-order chi connectivity index (χ1) is 14.0. The van der Waals surface area contributed by atoms with Crippen molar-refractivity contribution in [3.05, 3.63) is 59.8 Å². The van der Waals surface area contributed by atoms with Gasteiger partial charge in [-0.1, -0.05) is 17.0 Å². The van der Waals surface area contributed by atoms with Crippen molar-refractivity contribution >= 4 is 0 Å². The summed E-state index contributed by atoms with van der Waals surface area (Å²) < 4.78 is 7.38. The molecule has 0 spiro atoms. The molecule has 1 fully saturated rings. The third-order valence-corrected chi connectivity index (χ3v) is 5.45. The lowest BCUT2D eigenvalue weighted by Gasteiger charge is -2.36. The number of hydrogen-bond acceptors (Lipinski definition) is 5. The van der Waals surface area contributed by atoms with Gasteiger partial charge in [0.1, 0.15) is 17.6 Å². The van der Waals surface area contributed by atoms with Crippen LogP contribution in [0, 0.1) is 17.8 Å². The standard InChI is InChI=1S/C23H26N4O2/c1-16(28)23-24-10-11-27(23)15-20-14-22(29-25-20)19-8-6-17(7-9-19)4-5-18-12-21(13-18)26(2)3/h6-11,14,16,18,21,28H,12-13,15H2,1-3H3. The second kappa shape index (κ2) is 8.24. The molecule has 0 aliphatic heterocycles. The highest BCUT2D eigenvalue weighted by Crippen LogP contribution is 2.29. The van der Waals surface area contributed by atoms with Crippen molar-refractivity contribution in [3.8, 4) is 23.2 Å². The van der Waals surface area contributed by atoms with E-state index in [1.807, 2.05) is 41.1 Å². The Kier molecular flexibility index (Phi) is 5.52. The monoisotopic (exact) mass is 390 g/mol. The maximum absolute atomic E-state index is 9.77. The van der Waals surface area contributed by atoms with Gasteiger partial charge < -0.3 is 19.1 Å². The fraction of sp³-hybridized carbons (Fsp3) is 0.391. The van der Waals surface area contributed by atoms with Gasteiger partial charge in [-0.3, -0.25) is 0 Å². The van der Waals surface area contributed by atoms with E-state index < -0.39 is 6.10 Å². The van der Waals surface area contributed by atoms with Crippen LogP contribution < -0.4 is 0 Å². The fourth-order valence-corrected chi connectivity index (χ4v) is 3.55. The molecule has 1 atom stereocenters. The molecule has 6 nitrogen and oxygen atoms in total. The Hall–Kier alpha value is -2.88. The van der Waals surface area contributed by atoms with Crippen molar-refractivity contribution in [2.75, 3.05) is 14.1 Å². The minimum atomic E-state index is -0.626. The van der Waals surface area contributed by atoms with Crippen molar-refractivity contribution < 1.29 is 9.63 Å². The minimum Gasteiger partial charge on any atom is -0.385 e. The number of hydrogen-bond donors (Lipinski definition) is 1. The first-order valence-electron chi connectivity index (χ1n) is 9.92. The van der Waals surface area contributed by atoms with Crippen LogP contribution in [0.15, 0.2) is 47.2 Å². The molecule has 1 N–H and O–H groups in total. The normalized spacial score (nSPS) is 19.5. The average molecular weight is 390 g/mol. The molecular weight excluding hydrogens is 364 g/mol. The van der Waals surface area contributed by atoms with Gasteiger partial charge in [0.05, 0.1) is 6.54 Å². The highest BCUT2D eigenvalue weighted by atomic mass is 16.5. The summed E-state index contributed by atoms with van der Waals surface area (Å²) in [7, 11) is 4.26. The lowest BCUT2D eigenvalue weighted by molar-refractivity contribution is 0.156. The number of aliphatic hydroxyl groups excluding tert-OH is 1. The number of aromatic nitrogens is 3. The van der Waals surface area contributed by atoms with Gasteiger partial charge in [0, 0.05) is 41.5 Å². The summed E-state index contributed by atoms with van der Waals surface area (Å²) in [5.74, 6) is 8.50. The molecule has 1 aliphatic carbocycles. The summed E-state index contributed by atoms with van der Waals surface area (Å²) >= 11 is 0. The zero-order valence-electron chi connectivity index (χ0n) is 17.0. The first kappa shape index (κ1) is 19.4. The fourth-order valence-electron chi connectivity index (χ4n) is 3.55. The van der Waals surface area contributed by atoms with Crippen molar-refractivity contribution in [3.63, 3.8) is 0 Å². The zero-order valence-corrected chi connectivity index (χ0v) is 17.0. The number of imidazole rings is 1. The average Bonchev–Trinajstić information content (AvgIpc) is 3.30. The Morgan fingerprint density at radius 2 is 2.03 bits per heavy atom. The van der Waals surface area contributed by atoms with E-state index >= 15 is 0 Å². The van der Waals surface area contributed by atoms with Gasteiger partial charge in [0.25, 0.3) is 0 Å². The Morgan fingerprint density at radius 3 is 2.72 bits per heavy atom. The molecule has 1 saturated carbocycles. The topological polar surface area (TPSA) is 67.3 Å². The molecule has 1 aromatic carbocycles. The zero-order chi connectivity index (χ0) is 20.4. The third-order valence-electron chi connectivity index (χ3n) is 5.45. The minimum absolute atomic E-state index is 0.503. The quantitative estimate of drug-likeness (QED) is 0.677. The molecule has 2 heterocycles. The van der Waals surface area contributed by atoms with Crippen LogP contribution in [0.3, 0.4) is 0 Å². The summed E-state index contributed by atoms with van der Waals surface area (Å²) in [6.07, 6.45) is 5.19. The van der Waals surface area contributed by atoms with E-state index in [1.165, 1.54) is 0 Å². The first-order valence-corrected chi connectivity index (χ1v) is 9.92. The lowest BCUT2D eigenvalue weighted by Crippen LogP contribution is -2.39. The van der Waals surface area contributed by atoms with Crippen LogP contribution in [-0.2, 0) is 6.54 Å². The molecule has 150 valence electrons. The molecule has 0 amide bonds. The Labute approximate surface area is 171 Å². The Balaban J connectivity index is 1.39. The second-order valence-electron chi connectivity index (χ2n) is 7.90. The van der Waals surface area contributed by atoms with E-state index in [2.05, 4.69) is 41.0 Å². The number of aliphatic hydroxyl groups is 1. The van der Waals surface area contributed by atoms with Crippen LogP contribution in [0.25, 0.3) is 11.3 Å². The highest BCUT2D eigenvalue weighted by Gasteiger charge is 2.28. The molecule has 0 radical (unpaired) electrons. The number of rotatable bonds is 5. The SMILES string of the molecule is CC(O)c1nccn1Cc1cc(-c2ccc(C#CC3CC(N(C)C)C3)cc2)on1. The largest absolute Gasteiger partial charge is 0.385 e. The van der Waals surface area contributed by atoms with Crippen LogP contribution >= 0.6 is 0 Å². The van der Waals surface area contributed by atoms with Gasteiger partial charge in [-0.05, 0) is 58.1 Å². The van der Waals surface area contributed by atoms with Crippen LogP contribution in [-0.4, -0.2) is 44.9 Å². The molecule has 6 heteroatoms. The van der Waals surface area contributed by atoms with Crippen molar-refractivity contribution in [2.24, 2.45) is 5.92 Å². The van der Waals surface area contributed by atoms with Crippen molar-refractivity contribution in [1.82, 2.24) is 19.6 Å². The smallest absolute Gasteiger partial charge is 0.167 e. The van der Waals surface area contributed by atoms with Crippen LogP contribution in [0.5, 0.6) is 0 Å². The number of nitrogens with zero attached hydrogens (tertiary/aromatic N) is 4. The Bertz CT molecular complexity index is 1020. The van der Waals surface area contributed by atoms with Crippen LogP contribution in [0.4, 0.5) is 0 Å². The highest BCUT2D eigenvalue weighted by molar-refractivity contribution is 5.59. The summed E-state index contributed by atoms with van der Waals surface area (Å²) in [5.41, 5.74) is 2.76. The molecular formula is C23H26N4O2. The molecule has 0 saturated heterocycles. The molecule has 1 aliphatic rings. The predicted molar refractivity (Wildman–Crippen MR) is 111 cm³/mol. The lowest BCUT2D eigenvalue weighted by atomic mass is 9.80. The number of benzene rings is 1. The van der Waals surface area contributed by atoms with Gasteiger partial charge in [-0.2, -0.15) is 0 Å². The van der Waals surface area contributed by atoms with Crippen molar-refractivity contribution in [2.45, 2.75) is 38.5 Å². The maximum atomic E-state index is 9.77. The van der Waals surface area contributed by atoms with E-state index in [1.54, 1.807) is 13.1 Å². The van der Waals surface area contributed by atoms with E-state index in [0.29, 0.717) is 30.1 Å². The molecule has 29 heavy (non-hydrogen) atoms. The van der Waals surface area contributed by atoms with Gasteiger partial charge in [-0.25, -0.2) is 4.98 Å². The molecule has 1 unspecified atom stereocenters. The van der Waals surface area contributed by atoms with Gasteiger partial charge in [-0.15, -0.1) is 0 Å². The summed E-state index contributed by atoms with van der Waals surface area (Å²) in [6.45, 7) is 2.20. The van der Waals surface area contributed by atoms with Gasteiger partial charge in [0.2, 0.25) is 0 Å². The maximum Gasteiger partial charge on any atom is 0.167 e.